The third-order valence-corrected chi connectivity index (χ3v) is 3.84. The van der Waals surface area contributed by atoms with Crippen molar-refractivity contribution in [3.05, 3.63) is 48.5 Å². The Morgan fingerprint density at radius 2 is 1.31 bits per heavy atom. The van der Waals surface area contributed by atoms with Crippen molar-refractivity contribution in [2.24, 2.45) is 0 Å². The minimum atomic E-state index is 0.0535. The third kappa shape index (κ3) is 6.44. The third-order valence-electron chi connectivity index (χ3n) is 3.84. The zero-order chi connectivity index (χ0) is 18.6. The van der Waals surface area contributed by atoms with Crippen LogP contribution in [-0.2, 0) is 4.74 Å². The summed E-state index contributed by atoms with van der Waals surface area (Å²) in [4.78, 5) is 1.94. The summed E-state index contributed by atoms with van der Waals surface area (Å²) in [6.45, 7) is 2.55. The van der Waals surface area contributed by atoms with Gasteiger partial charge in [-0.2, -0.15) is 0 Å². The van der Waals surface area contributed by atoms with E-state index in [1.165, 1.54) is 0 Å². The van der Waals surface area contributed by atoms with E-state index in [0.717, 1.165) is 29.3 Å². The van der Waals surface area contributed by atoms with Gasteiger partial charge in [-0.05, 0) is 48.5 Å². The number of hydrogen-bond acceptors (Lipinski definition) is 7. The van der Waals surface area contributed by atoms with E-state index in [1.54, 1.807) is 7.11 Å². The van der Waals surface area contributed by atoms with Crippen LogP contribution in [0.3, 0.4) is 0 Å². The van der Waals surface area contributed by atoms with Crippen molar-refractivity contribution in [2.45, 2.75) is 0 Å². The van der Waals surface area contributed by atoms with Gasteiger partial charge in [0.1, 0.15) is 0 Å². The second kappa shape index (κ2) is 11.2. The first-order valence-electron chi connectivity index (χ1n) is 8.68. The van der Waals surface area contributed by atoms with Crippen LogP contribution < -0.4 is 21.1 Å². The molecule has 0 spiro atoms. The maximum atomic E-state index is 9.11. The van der Waals surface area contributed by atoms with Crippen LogP contribution in [0.15, 0.2) is 48.5 Å². The quantitative estimate of drug-likeness (QED) is 0.292. The maximum absolute atomic E-state index is 9.11. The van der Waals surface area contributed by atoms with Crippen LogP contribution in [0.2, 0.25) is 0 Å². The van der Waals surface area contributed by atoms with Gasteiger partial charge in [-0.1, -0.05) is 0 Å². The number of ether oxygens (including phenoxy) is 1. The zero-order valence-electron chi connectivity index (χ0n) is 15.1. The van der Waals surface area contributed by atoms with Crippen molar-refractivity contribution < 1.29 is 14.9 Å². The summed E-state index contributed by atoms with van der Waals surface area (Å²) >= 11 is 0. The van der Waals surface area contributed by atoms with E-state index in [4.69, 9.17) is 14.9 Å². The van der Waals surface area contributed by atoms with Crippen molar-refractivity contribution in [2.75, 3.05) is 67.6 Å². The first-order valence-corrected chi connectivity index (χ1v) is 8.68. The second-order valence-electron chi connectivity index (χ2n) is 5.73. The van der Waals surface area contributed by atoms with Crippen LogP contribution in [-0.4, -0.2) is 56.8 Å². The normalized spacial score (nSPS) is 10.4. The number of rotatable bonds is 12. The fourth-order valence-corrected chi connectivity index (χ4v) is 2.48. The molecule has 0 saturated carbocycles. The number of anilines is 4. The van der Waals surface area contributed by atoms with Crippen LogP contribution in [0.25, 0.3) is 0 Å². The topological polar surface area (TPSA) is 89.0 Å². The van der Waals surface area contributed by atoms with Gasteiger partial charge in [0, 0.05) is 38.1 Å². The molecule has 2 rings (SSSR count). The summed E-state index contributed by atoms with van der Waals surface area (Å²) in [5.74, 6) is 0. The van der Waals surface area contributed by atoms with Gasteiger partial charge in [0.15, 0.2) is 0 Å². The Balaban J connectivity index is 1.85. The molecule has 0 atom stereocenters. The molecule has 2 aromatic carbocycles. The van der Waals surface area contributed by atoms with Gasteiger partial charge in [-0.15, -0.1) is 0 Å². The molecular weight excluding hydrogens is 332 g/mol. The summed E-state index contributed by atoms with van der Waals surface area (Å²) in [5, 5.41) is 21.5. The lowest BCUT2D eigenvalue weighted by Crippen LogP contribution is -2.29. The SMILES string of the molecule is COCCNc1ccc(NNc2ccc(N(CCO)CCO)cc2)cc1. The molecule has 0 radical (unpaired) electrons. The van der Waals surface area contributed by atoms with Crippen molar-refractivity contribution in [3.63, 3.8) is 0 Å². The van der Waals surface area contributed by atoms with E-state index < -0.39 is 0 Å². The van der Waals surface area contributed by atoms with E-state index in [2.05, 4.69) is 16.2 Å². The number of methoxy groups -OCH3 is 1. The molecule has 7 heteroatoms. The fraction of sp³-hybridized carbons (Fsp3) is 0.368. The Kier molecular flexibility index (Phi) is 8.54. The summed E-state index contributed by atoms with van der Waals surface area (Å²) in [6, 6.07) is 15.8. The number of nitrogens with one attached hydrogen (secondary N) is 3. The molecule has 2 aromatic rings. The van der Waals surface area contributed by atoms with Gasteiger partial charge in [0.25, 0.3) is 0 Å². The molecule has 0 heterocycles. The minimum Gasteiger partial charge on any atom is -0.395 e. The van der Waals surface area contributed by atoms with Crippen LogP contribution in [0, 0.1) is 0 Å². The molecule has 5 N–H and O–H groups in total. The Bertz CT molecular complexity index is 614. The number of nitrogens with zero attached hydrogens (tertiary/aromatic N) is 1. The molecule has 0 saturated heterocycles. The van der Waals surface area contributed by atoms with Crippen molar-refractivity contribution in [1.29, 1.82) is 0 Å². The highest BCUT2D eigenvalue weighted by atomic mass is 16.5. The van der Waals surface area contributed by atoms with Gasteiger partial charge in [-0.25, -0.2) is 0 Å². The number of hydrazine groups is 1. The molecule has 0 aliphatic heterocycles. The smallest absolute Gasteiger partial charge is 0.0635 e. The molecule has 0 aliphatic rings. The van der Waals surface area contributed by atoms with Gasteiger partial charge < -0.3 is 36.0 Å². The standard InChI is InChI=1S/C19H28N4O3/c1-26-15-10-20-16-2-4-17(5-3-16)21-22-18-6-8-19(9-7-18)23(11-13-24)12-14-25/h2-9,20-22,24-25H,10-15H2,1H3. The molecule has 0 amide bonds. The van der Waals surface area contributed by atoms with E-state index in [9.17, 15) is 0 Å². The number of aliphatic hydroxyl groups excluding tert-OH is 2. The summed E-state index contributed by atoms with van der Waals surface area (Å²) in [5.41, 5.74) is 10.2. The Morgan fingerprint density at radius 3 is 1.81 bits per heavy atom. The fourth-order valence-electron chi connectivity index (χ4n) is 2.48. The summed E-state index contributed by atoms with van der Waals surface area (Å²) in [7, 11) is 1.68. The predicted molar refractivity (Wildman–Crippen MR) is 107 cm³/mol. The molecule has 0 aliphatic carbocycles. The van der Waals surface area contributed by atoms with E-state index >= 15 is 0 Å². The van der Waals surface area contributed by atoms with Gasteiger partial charge in [-0.3, -0.25) is 0 Å². The lowest BCUT2D eigenvalue weighted by atomic mass is 10.2. The average Bonchev–Trinajstić information content (AvgIpc) is 2.68. The van der Waals surface area contributed by atoms with E-state index in [-0.39, 0.29) is 13.2 Å². The van der Waals surface area contributed by atoms with E-state index in [1.807, 2.05) is 53.4 Å². The number of benzene rings is 2. The average molecular weight is 360 g/mol. The lowest BCUT2D eigenvalue weighted by Gasteiger charge is -2.23. The van der Waals surface area contributed by atoms with Crippen molar-refractivity contribution in [3.8, 4) is 0 Å². The van der Waals surface area contributed by atoms with Crippen molar-refractivity contribution in [1.82, 2.24) is 0 Å². The largest absolute Gasteiger partial charge is 0.395 e. The highest BCUT2D eigenvalue weighted by Crippen LogP contribution is 2.19. The van der Waals surface area contributed by atoms with Crippen LogP contribution in [0.4, 0.5) is 22.7 Å². The lowest BCUT2D eigenvalue weighted by molar-refractivity contribution is 0.211. The van der Waals surface area contributed by atoms with Crippen LogP contribution in [0.1, 0.15) is 0 Å². The van der Waals surface area contributed by atoms with Gasteiger partial charge >= 0.3 is 0 Å². The Labute approximate surface area is 154 Å². The molecule has 0 unspecified atom stereocenters. The molecular formula is C19H28N4O3. The first kappa shape index (κ1) is 19.8. The first-order chi connectivity index (χ1) is 12.8. The predicted octanol–water partition coefficient (Wildman–Crippen LogP) is 1.97. The maximum Gasteiger partial charge on any atom is 0.0635 e. The summed E-state index contributed by atoms with van der Waals surface area (Å²) < 4.78 is 5.01. The van der Waals surface area contributed by atoms with Crippen LogP contribution >= 0.6 is 0 Å². The molecule has 0 fully saturated rings. The molecule has 0 aromatic heterocycles. The summed E-state index contributed by atoms with van der Waals surface area (Å²) in [6.07, 6.45) is 0. The Morgan fingerprint density at radius 1 is 0.808 bits per heavy atom. The second-order valence-corrected chi connectivity index (χ2v) is 5.73. The minimum absolute atomic E-state index is 0.0535. The van der Waals surface area contributed by atoms with Gasteiger partial charge in [0.2, 0.25) is 0 Å². The van der Waals surface area contributed by atoms with Gasteiger partial charge in [0.05, 0.1) is 31.2 Å². The van der Waals surface area contributed by atoms with E-state index in [0.29, 0.717) is 19.7 Å². The molecule has 142 valence electrons. The number of aliphatic hydroxyl groups is 2. The molecule has 26 heavy (non-hydrogen) atoms. The zero-order valence-corrected chi connectivity index (χ0v) is 15.1. The van der Waals surface area contributed by atoms with Crippen molar-refractivity contribution >= 4 is 22.7 Å². The molecule has 0 bridgehead atoms. The molecule has 7 nitrogen and oxygen atoms in total. The monoisotopic (exact) mass is 360 g/mol. The highest BCUT2D eigenvalue weighted by Gasteiger charge is 2.05. The highest BCUT2D eigenvalue weighted by molar-refractivity contribution is 5.59. The van der Waals surface area contributed by atoms with Crippen LogP contribution in [0.5, 0.6) is 0 Å². The Hall–Kier alpha value is -2.48. The number of hydrogen-bond donors (Lipinski definition) is 5.